The van der Waals surface area contributed by atoms with Crippen molar-refractivity contribution in [2.24, 2.45) is 0 Å². The summed E-state index contributed by atoms with van der Waals surface area (Å²) in [6, 6.07) is 15.1. The van der Waals surface area contributed by atoms with Crippen molar-refractivity contribution in [1.29, 1.82) is 0 Å². The number of allylic oxidation sites excluding steroid dienone is 1. The summed E-state index contributed by atoms with van der Waals surface area (Å²) in [7, 11) is 1.60. The first-order chi connectivity index (χ1) is 15.1. The lowest BCUT2D eigenvalue weighted by atomic mass is 9.93. The first kappa shape index (κ1) is 22.6. The predicted octanol–water partition coefficient (Wildman–Crippen LogP) is 4.41. The van der Waals surface area contributed by atoms with Crippen LogP contribution in [0.3, 0.4) is 0 Å². The summed E-state index contributed by atoms with van der Waals surface area (Å²) in [5.74, 6) is 0.851. The molecule has 0 saturated carbocycles. The summed E-state index contributed by atoms with van der Waals surface area (Å²) in [5.41, 5.74) is 3.23. The molecule has 0 saturated heterocycles. The molecule has 0 aliphatic carbocycles. The Kier molecular flexibility index (Phi) is 7.89. The van der Waals surface area contributed by atoms with Crippen LogP contribution in [0.2, 0.25) is 0 Å². The topological polar surface area (TPSA) is 68.8 Å². The molecule has 1 aliphatic rings. The van der Waals surface area contributed by atoms with Crippen molar-refractivity contribution >= 4 is 23.3 Å². The normalized spacial score (nSPS) is 15.7. The summed E-state index contributed by atoms with van der Waals surface area (Å²) in [5, 5.41) is 6.81. The van der Waals surface area contributed by atoms with Crippen molar-refractivity contribution in [1.82, 2.24) is 10.6 Å². The van der Waals surface area contributed by atoms with Gasteiger partial charge in [0.25, 0.3) is 0 Å². The predicted molar refractivity (Wildman–Crippen MR) is 124 cm³/mol. The molecule has 0 amide bonds. The Balaban J connectivity index is 1.92. The van der Waals surface area contributed by atoms with Crippen molar-refractivity contribution in [3.05, 3.63) is 70.9 Å². The number of hydrogen-bond donors (Lipinski definition) is 2. The number of hydrogen-bond acceptors (Lipinski definition) is 5. The third-order valence-electron chi connectivity index (χ3n) is 4.91. The third-order valence-corrected chi connectivity index (χ3v) is 5.13. The van der Waals surface area contributed by atoms with Crippen molar-refractivity contribution in [3.63, 3.8) is 0 Å². The zero-order chi connectivity index (χ0) is 22.2. The van der Waals surface area contributed by atoms with Gasteiger partial charge in [0.1, 0.15) is 6.61 Å². The first-order valence-corrected chi connectivity index (χ1v) is 10.8. The molecular formula is C24H28N2O4S. The van der Waals surface area contributed by atoms with E-state index in [1.807, 2.05) is 48.5 Å². The Morgan fingerprint density at radius 1 is 1.10 bits per heavy atom. The zero-order valence-corrected chi connectivity index (χ0v) is 18.9. The second-order valence-corrected chi connectivity index (χ2v) is 7.49. The Bertz CT molecular complexity index is 959. The molecule has 1 heterocycles. The Hall–Kier alpha value is -3.06. The molecule has 2 N–H and O–H groups in total. The second kappa shape index (κ2) is 10.8. The summed E-state index contributed by atoms with van der Waals surface area (Å²) in [4.78, 5) is 12.8. The molecule has 0 radical (unpaired) electrons. The standard InChI is InChI=1S/C24H28N2O4S/c1-4-9-18-21(23(27)29-5-2)22(26-24(31)25-18)17-12-13-19(20(14-17)28-3)30-15-16-10-7-6-8-11-16/h6-8,10-14,22H,4-5,9,15H2,1-3H3,(H2,25,26,31)/t22-/m1/s1. The van der Waals surface area contributed by atoms with E-state index in [9.17, 15) is 4.79 Å². The van der Waals surface area contributed by atoms with Crippen LogP contribution >= 0.6 is 12.2 Å². The van der Waals surface area contributed by atoms with Gasteiger partial charge in [-0.25, -0.2) is 4.79 Å². The molecule has 0 spiro atoms. The molecule has 7 heteroatoms. The Labute approximate surface area is 188 Å². The Morgan fingerprint density at radius 3 is 2.55 bits per heavy atom. The van der Waals surface area contributed by atoms with Crippen LogP contribution in [0.25, 0.3) is 0 Å². The van der Waals surface area contributed by atoms with E-state index in [0.717, 1.165) is 23.2 Å². The van der Waals surface area contributed by atoms with Crippen LogP contribution in [-0.2, 0) is 16.1 Å². The Morgan fingerprint density at radius 2 is 1.87 bits per heavy atom. The fourth-order valence-corrected chi connectivity index (χ4v) is 3.72. The number of methoxy groups -OCH3 is 1. The minimum absolute atomic E-state index is 0.300. The number of benzene rings is 2. The highest BCUT2D eigenvalue weighted by atomic mass is 32.1. The van der Waals surface area contributed by atoms with Gasteiger partial charge in [0.15, 0.2) is 16.6 Å². The van der Waals surface area contributed by atoms with Crippen LogP contribution in [0, 0.1) is 0 Å². The van der Waals surface area contributed by atoms with Crippen molar-refractivity contribution in [2.75, 3.05) is 13.7 Å². The van der Waals surface area contributed by atoms with Crippen molar-refractivity contribution in [2.45, 2.75) is 39.3 Å². The highest BCUT2D eigenvalue weighted by molar-refractivity contribution is 7.80. The van der Waals surface area contributed by atoms with E-state index < -0.39 is 6.04 Å². The van der Waals surface area contributed by atoms with Crippen LogP contribution in [0.15, 0.2) is 59.8 Å². The van der Waals surface area contributed by atoms with E-state index in [4.69, 9.17) is 26.4 Å². The lowest BCUT2D eigenvalue weighted by Gasteiger charge is -2.31. The van der Waals surface area contributed by atoms with Crippen LogP contribution in [-0.4, -0.2) is 24.8 Å². The number of carbonyl (C=O) groups is 1. The summed E-state index contributed by atoms with van der Waals surface area (Å²) < 4.78 is 16.9. The quantitative estimate of drug-likeness (QED) is 0.442. The summed E-state index contributed by atoms with van der Waals surface area (Å²) >= 11 is 5.40. The molecule has 31 heavy (non-hydrogen) atoms. The van der Waals surface area contributed by atoms with Crippen LogP contribution in [0.4, 0.5) is 0 Å². The van der Waals surface area contributed by atoms with E-state index in [-0.39, 0.29) is 5.97 Å². The van der Waals surface area contributed by atoms with Gasteiger partial charge >= 0.3 is 5.97 Å². The molecule has 164 valence electrons. The zero-order valence-electron chi connectivity index (χ0n) is 18.1. The van der Waals surface area contributed by atoms with E-state index in [1.165, 1.54) is 0 Å². The average Bonchev–Trinajstić information content (AvgIpc) is 2.78. The monoisotopic (exact) mass is 440 g/mol. The minimum atomic E-state index is -0.438. The maximum absolute atomic E-state index is 12.8. The number of esters is 1. The van der Waals surface area contributed by atoms with Crippen molar-refractivity contribution < 1.29 is 19.0 Å². The fourth-order valence-electron chi connectivity index (χ4n) is 3.48. The van der Waals surface area contributed by atoms with E-state index in [0.29, 0.717) is 41.8 Å². The van der Waals surface area contributed by atoms with Gasteiger partial charge in [-0.1, -0.05) is 49.7 Å². The van der Waals surface area contributed by atoms with E-state index in [1.54, 1.807) is 14.0 Å². The van der Waals surface area contributed by atoms with Gasteiger partial charge in [-0.05, 0) is 48.8 Å². The van der Waals surface area contributed by atoms with Gasteiger partial charge in [0, 0.05) is 5.70 Å². The number of nitrogens with one attached hydrogen (secondary N) is 2. The van der Waals surface area contributed by atoms with E-state index in [2.05, 4.69) is 17.6 Å². The number of carbonyl (C=O) groups excluding carboxylic acids is 1. The van der Waals surface area contributed by atoms with E-state index >= 15 is 0 Å². The summed E-state index contributed by atoms with van der Waals surface area (Å²) in [6.07, 6.45) is 1.57. The highest BCUT2D eigenvalue weighted by Gasteiger charge is 2.32. The highest BCUT2D eigenvalue weighted by Crippen LogP contribution is 2.35. The third kappa shape index (κ3) is 5.55. The average molecular weight is 441 g/mol. The first-order valence-electron chi connectivity index (χ1n) is 10.4. The van der Waals surface area contributed by atoms with Crippen LogP contribution in [0.5, 0.6) is 11.5 Å². The van der Waals surface area contributed by atoms with Gasteiger partial charge < -0.3 is 24.8 Å². The molecule has 0 fully saturated rings. The molecule has 2 aromatic rings. The maximum atomic E-state index is 12.8. The van der Waals surface area contributed by atoms with Gasteiger partial charge in [-0.15, -0.1) is 0 Å². The maximum Gasteiger partial charge on any atom is 0.338 e. The van der Waals surface area contributed by atoms with Gasteiger partial charge in [-0.3, -0.25) is 0 Å². The largest absolute Gasteiger partial charge is 0.493 e. The lowest BCUT2D eigenvalue weighted by molar-refractivity contribution is -0.139. The molecule has 1 aliphatic heterocycles. The van der Waals surface area contributed by atoms with Gasteiger partial charge in [0.2, 0.25) is 0 Å². The molecule has 3 rings (SSSR count). The molecule has 0 aromatic heterocycles. The molecule has 0 bridgehead atoms. The molecular weight excluding hydrogens is 412 g/mol. The second-order valence-electron chi connectivity index (χ2n) is 7.08. The number of ether oxygens (including phenoxy) is 3. The van der Waals surface area contributed by atoms with Crippen LogP contribution < -0.4 is 20.1 Å². The van der Waals surface area contributed by atoms with Crippen molar-refractivity contribution in [3.8, 4) is 11.5 Å². The molecule has 2 aromatic carbocycles. The van der Waals surface area contributed by atoms with Gasteiger partial charge in [0.05, 0.1) is 25.3 Å². The molecule has 6 nitrogen and oxygen atoms in total. The minimum Gasteiger partial charge on any atom is -0.493 e. The summed E-state index contributed by atoms with van der Waals surface area (Å²) in [6.45, 7) is 4.58. The molecule has 0 unspecified atom stereocenters. The number of thiocarbonyl (C=S) groups is 1. The van der Waals surface area contributed by atoms with Gasteiger partial charge in [-0.2, -0.15) is 0 Å². The SMILES string of the molecule is CCCC1=C(C(=O)OCC)[C@@H](c2ccc(OCc3ccccc3)c(OC)c2)NC(=S)N1. The number of rotatable bonds is 9. The van der Waals surface area contributed by atoms with Crippen LogP contribution in [0.1, 0.15) is 43.9 Å². The smallest absolute Gasteiger partial charge is 0.338 e. The fraction of sp³-hybridized carbons (Fsp3) is 0.333. The lowest BCUT2D eigenvalue weighted by Crippen LogP contribution is -2.45. The molecule has 1 atom stereocenters.